The van der Waals surface area contributed by atoms with Gasteiger partial charge in [0.1, 0.15) is 11.2 Å². The summed E-state index contributed by atoms with van der Waals surface area (Å²) in [7, 11) is 0. The molecule has 12 nitrogen and oxygen atoms in total. The third-order valence-corrected chi connectivity index (χ3v) is 22.8. The summed E-state index contributed by atoms with van der Waals surface area (Å²) in [6.07, 6.45) is 10.8. The normalized spacial score (nSPS) is 43.3. The molecule has 0 spiro atoms. The minimum Gasteiger partial charge on any atom is -0.481 e. The van der Waals surface area contributed by atoms with Crippen molar-refractivity contribution in [1.82, 2.24) is 0 Å². The Morgan fingerprint density at radius 3 is 0.868 bits per heavy atom. The maximum Gasteiger partial charge on any atom is 0.508 e. The van der Waals surface area contributed by atoms with Crippen LogP contribution in [0, 0.1) is 148 Å². The second kappa shape index (κ2) is 25.6. The zero-order valence-electron chi connectivity index (χ0n) is 50.8. The topological polar surface area (TPSA) is 161 Å². The molecular formula is C64H108O12. The van der Waals surface area contributed by atoms with Gasteiger partial charge >= 0.3 is 30.2 Å². The lowest BCUT2D eigenvalue weighted by Crippen LogP contribution is -2.35. The lowest BCUT2D eigenvalue weighted by atomic mass is 9.76. The highest BCUT2D eigenvalue weighted by molar-refractivity contribution is 5.74. The first-order valence-electron chi connectivity index (χ1n) is 30.7. The molecule has 10 aliphatic carbocycles. The number of carboxylic acid groups (broad SMARTS) is 1. The number of fused-ring (bicyclic) bond motifs is 10. The molecule has 0 aromatic heterocycles. The van der Waals surface area contributed by atoms with Gasteiger partial charge in [-0.15, -0.1) is 0 Å². The number of carbonyl (C=O) groups excluding carboxylic acids is 4. The third-order valence-electron chi connectivity index (χ3n) is 22.8. The minimum absolute atomic E-state index is 0.0267. The van der Waals surface area contributed by atoms with Crippen molar-refractivity contribution in [3.8, 4) is 0 Å². The predicted octanol–water partition coefficient (Wildman–Crippen LogP) is 14.7. The number of aliphatic carboxylic acids is 1. The van der Waals surface area contributed by atoms with Crippen LogP contribution in [0.15, 0.2) is 0 Å². The van der Waals surface area contributed by atoms with Crippen molar-refractivity contribution in [2.75, 3.05) is 26.4 Å². The van der Waals surface area contributed by atoms with Crippen LogP contribution < -0.4 is 0 Å². The fourth-order valence-electron chi connectivity index (χ4n) is 17.6. The lowest BCUT2D eigenvalue weighted by Gasteiger charge is -2.32. The Morgan fingerprint density at radius 1 is 0.368 bits per heavy atom. The van der Waals surface area contributed by atoms with Crippen LogP contribution in [0.2, 0.25) is 0 Å². The van der Waals surface area contributed by atoms with Crippen LogP contribution in [-0.4, -0.2) is 73.0 Å². The summed E-state index contributed by atoms with van der Waals surface area (Å²) in [4.78, 5) is 57.2. The van der Waals surface area contributed by atoms with Crippen LogP contribution in [0.5, 0.6) is 0 Å². The van der Waals surface area contributed by atoms with Crippen molar-refractivity contribution in [3.05, 3.63) is 0 Å². The van der Waals surface area contributed by atoms with Crippen LogP contribution in [-0.2, 0) is 42.8 Å². The minimum atomic E-state index is -0.568. The molecule has 0 aromatic carbocycles. The Balaban J connectivity index is 0.000000155. The highest BCUT2D eigenvalue weighted by atomic mass is 16.7. The van der Waals surface area contributed by atoms with Crippen molar-refractivity contribution in [3.63, 3.8) is 0 Å². The highest BCUT2D eigenvalue weighted by Gasteiger charge is 2.55. The van der Waals surface area contributed by atoms with E-state index in [1.165, 1.54) is 44.9 Å². The summed E-state index contributed by atoms with van der Waals surface area (Å²) < 4.78 is 30.9. The van der Waals surface area contributed by atoms with Gasteiger partial charge in [0.15, 0.2) is 0 Å². The van der Waals surface area contributed by atoms with Crippen molar-refractivity contribution in [2.45, 2.75) is 200 Å². The maximum atomic E-state index is 12.1. The fourth-order valence-corrected chi connectivity index (χ4v) is 17.6. The average molecular weight is 1070 g/mol. The van der Waals surface area contributed by atoms with Gasteiger partial charge in [-0.05, 0) is 250 Å². The van der Waals surface area contributed by atoms with Gasteiger partial charge in [0, 0.05) is 0 Å². The van der Waals surface area contributed by atoms with Gasteiger partial charge < -0.3 is 33.5 Å². The number of carbonyl (C=O) groups is 5. The van der Waals surface area contributed by atoms with Crippen molar-refractivity contribution >= 4 is 30.2 Å². The first kappa shape index (κ1) is 62.2. The van der Waals surface area contributed by atoms with Gasteiger partial charge in [-0.2, -0.15) is 0 Å². The maximum absolute atomic E-state index is 12.1. The molecule has 0 heterocycles. The Morgan fingerprint density at radius 2 is 0.632 bits per heavy atom. The number of carboxylic acids is 1. The van der Waals surface area contributed by atoms with Crippen LogP contribution in [0.1, 0.15) is 189 Å². The van der Waals surface area contributed by atoms with E-state index in [0.29, 0.717) is 79.7 Å². The van der Waals surface area contributed by atoms with Gasteiger partial charge in [0.2, 0.25) is 0 Å². The Bertz CT molecular complexity index is 1830. The first-order chi connectivity index (χ1) is 35.5. The molecule has 0 amide bonds. The molecule has 10 saturated carbocycles. The Kier molecular flexibility index (Phi) is 20.9. The van der Waals surface area contributed by atoms with E-state index in [1.54, 1.807) is 13.8 Å². The molecule has 436 valence electrons. The van der Waals surface area contributed by atoms with E-state index in [1.807, 2.05) is 41.5 Å². The van der Waals surface area contributed by atoms with Crippen LogP contribution in [0.25, 0.3) is 0 Å². The molecule has 76 heavy (non-hydrogen) atoms. The SMILES string of the molecule is CC1C2CC(C(=O)O)C(C2)C1C.CC1C2CC(C(=O)OC(C)(C)C)C(C2)C1C.CC1C2CC(C(=O)OC(C)(C)C)C(C2)C1C.CCOC(=O)OCC1CC2CC1C(C)C2C.CCOC(=O)OCC1CC2CC1C(C)C2C. The second-order valence-electron chi connectivity index (χ2n) is 28.8. The predicted molar refractivity (Wildman–Crippen MR) is 295 cm³/mol. The van der Waals surface area contributed by atoms with Crippen molar-refractivity contribution in [2.24, 2.45) is 148 Å². The summed E-state index contributed by atoms with van der Waals surface area (Å²) in [6, 6.07) is 0. The molecule has 10 bridgehead atoms. The summed E-state index contributed by atoms with van der Waals surface area (Å²) >= 11 is 0. The molecule has 0 radical (unpaired) electrons. The number of hydrogen-bond donors (Lipinski definition) is 1. The van der Waals surface area contributed by atoms with Crippen LogP contribution >= 0.6 is 0 Å². The van der Waals surface area contributed by atoms with Crippen LogP contribution in [0.4, 0.5) is 9.59 Å². The quantitative estimate of drug-likeness (QED) is 0.172. The largest absolute Gasteiger partial charge is 0.508 e. The summed E-state index contributed by atoms with van der Waals surface area (Å²) in [5.74, 6) is 15.7. The second-order valence-corrected chi connectivity index (χ2v) is 28.8. The molecule has 25 atom stereocenters. The number of hydrogen-bond acceptors (Lipinski definition) is 11. The zero-order valence-corrected chi connectivity index (χ0v) is 50.8. The van der Waals surface area contributed by atoms with Gasteiger partial charge in [0.25, 0.3) is 0 Å². The third kappa shape index (κ3) is 14.5. The molecule has 10 fully saturated rings. The van der Waals surface area contributed by atoms with Gasteiger partial charge in [-0.25, -0.2) is 9.59 Å². The van der Waals surface area contributed by atoms with E-state index in [2.05, 4.69) is 69.2 Å². The molecular weight excluding hydrogens is 961 g/mol. The monoisotopic (exact) mass is 1070 g/mol. The van der Waals surface area contributed by atoms with Gasteiger partial charge in [-0.1, -0.05) is 69.2 Å². The van der Waals surface area contributed by atoms with E-state index >= 15 is 0 Å². The van der Waals surface area contributed by atoms with Crippen LogP contribution in [0.3, 0.4) is 0 Å². The zero-order chi connectivity index (χ0) is 56.5. The molecule has 12 heteroatoms. The average Bonchev–Trinajstić information content (AvgIpc) is 4.22. The van der Waals surface area contributed by atoms with E-state index in [4.69, 9.17) is 33.5 Å². The molecule has 25 unspecified atom stereocenters. The summed E-state index contributed by atoms with van der Waals surface area (Å²) in [5, 5.41) is 8.94. The standard InChI is InChI=1S/2C14H24O2.2C13H22O3.C10H16O2/c2*1-8-9(2)11-6-10(8)7-12(11)13(15)16-14(3,4)5;2*1-4-15-13(14)16-7-11-5-10-6-12(11)9(3)8(10)2;1-5-6(2)8-3-7(5)4-9(8)10(11)12/h2*8-12H,6-7H2,1-5H3;2*8-12H,4-7H2,1-3H3;5-9H,3-4H2,1-2H3,(H,11,12). The number of esters is 2. The van der Waals surface area contributed by atoms with E-state index < -0.39 is 18.3 Å². The molecule has 0 aliphatic heterocycles. The number of ether oxygens (including phenoxy) is 6. The van der Waals surface area contributed by atoms with E-state index in [0.717, 1.165) is 96.2 Å². The molecule has 0 saturated heterocycles. The van der Waals surface area contributed by atoms with E-state index in [-0.39, 0.29) is 40.9 Å². The van der Waals surface area contributed by atoms with Gasteiger partial charge in [-0.3, -0.25) is 14.4 Å². The fraction of sp³-hybridized carbons (Fsp3) is 0.922. The molecule has 10 rings (SSSR count). The first-order valence-corrected chi connectivity index (χ1v) is 30.7. The van der Waals surface area contributed by atoms with Crippen molar-refractivity contribution in [1.29, 1.82) is 0 Å². The molecule has 1 N–H and O–H groups in total. The highest BCUT2D eigenvalue weighted by Crippen LogP contribution is 2.59. The molecule has 0 aromatic rings. The summed E-state index contributed by atoms with van der Waals surface area (Å²) in [5.41, 5.74) is -0.679. The van der Waals surface area contributed by atoms with E-state index in [9.17, 15) is 24.0 Å². The molecule has 10 aliphatic rings. The Labute approximate surface area is 460 Å². The summed E-state index contributed by atoms with van der Waals surface area (Å²) in [6.45, 7) is 40.3. The van der Waals surface area contributed by atoms with Gasteiger partial charge in [0.05, 0.1) is 44.2 Å². The number of rotatable bonds is 9. The lowest BCUT2D eigenvalue weighted by molar-refractivity contribution is -0.164. The Hall–Kier alpha value is -3.05. The smallest absolute Gasteiger partial charge is 0.481 e. The van der Waals surface area contributed by atoms with Crippen molar-refractivity contribution < 1.29 is 57.5 Å².